The number of nitrogens with one attached hydrogen (secondary N) is 1. The van der Waals surface area contributed by atoms with Crippen LogP contribution in [0.4, 0.5) is 0 Å². The van der Waals surface area contributed by atoms with Crippen LogP contribution in [0.5, 0.6) is 5.75 Å². The molecule has 2 bridgehead atoms. The summed E-state index contributed by atoms with van der Waals surface area (Å²) < 4.78 is 0. The van der Waals surface area contributed by atoms with Gasteiger partial charge in [-0.15, -0.1) is 0 Å². The van der Waals surface area contributed by atoms with Crippen LogP contribution in [0.1, 0.15) is 50.7 Å². The molecule has 126 valence electrons. The zero-order valence-electron chi connectivity index (χ0n) is 14.1. The Morgan fingerprint density at radius 2 is 2.17 bits per heavy atom. The zero-order valence-corrected chi connectivity index (χ0v) is 14.9. The fourth-order valence-corrected chi connectivity index (χ4v) is 4.71. The molecule has 3 rings (SSSR count). The summed E-state index contributed by atoms with van der Waals surface area (Å²) in [5.74, 6) is 1.04. The van der Waals surface area contributed by atoms with E-state index >= 15 is 0 Å². The number of aromatic hydroxyl groups is 1. The van der Waals surface area contributed by atoms with E-state index in [1.807, 2.05) is 12.1 Å². The molecule has 1 aliphatic carbocycles. The molecule has 1 unspecified atom stereocenters. The molecule has 1 aromatic rings. The number of hydrogen-bond acceptors (Lipinski definition) is 2. The predicted molar refractivity (Wildman–Crippen MR) is 86.9 cm³/mol. The summed E-state index contributed by atoms with van der Waals surface area (Å²) in [7, 11) is 0. The molecule has 4 heteroatoms. The van der Waals surface area contributed by atoms with Crippen molar-refractivity contribution in [3.05, 3.63) is 29.3 Å². The van der Waals surface area contributed by atoms with Gasteiger partial charge in [0, 0.05) is 30.6 Å². The molecule has 2 N–H and O–H groups in total. The van der Waals surface area contributed by atoms with Crippen molar-refractivity contribution in [2.45, 2.75) is 57.4 Å². The second kappa shape index (κ2) is 7.11. The summed E-state index contributed by atoms with van der Waals surface area (Å²) >= 11 is 0. The molecular weight excluding hydrogens is 308 g/mol. The molecule has 3 nitrogen and oxygen atoms in total. The number of likely N-dealkylation sites (tertiary alicyclic amines) is 1. The number of quaternary nitrogens is 1. The van der Waals surface area contributed by atoms with Gasteiger partial charge in [-0.05, 0) is 36.1 Å². The van der Waals surface area contributed by atoms with E-state index in [1.165, 1.54) is 30.6 Å². The van der Waals surface area contributed by atoms with Crippen LogP contribution in [0.2, 0.25) is 0 Å². The lowest BCUT2D eigenvalue weighted by Crippen LogP contribution is -3.18. The summed E-state index contributed by atoms with van der Waals surface area (Å²) in [6.07, 6.45) is 5.19. The van der Waals surface area contributed by atoms with E-state index in [4.69, 9.17) is 5.26 Å². The average Bonchev–Trinajstić information content (AvgIpc) is 2.50. The second-order valence-electron chi connectivity index (χ2n) is 7.38. The Kier molecular flexibility index (Phi) is 5.60. The average molecular weight is 335 g/mol. The Hall–Kier alpha value is -1.24. The van der Waals surface area contributed by atoms with E-state index in [-0.39, 0.29) is 17.8 Å². The van der Waals surface area contributed by atoms with Crippen molar-refractivity contribution in [1.82, 2.24) is 0 Å². The van der Waals surface area contributed by atoms with Crippen LogP contribution in [0, 0.1) is 17.2 Å². The first-order valence-electron chi connectivity index (χ1n) is 8.60. The monoisotopic (exact) mass is 334 g/mol. The fourth-order valence-electron chi connectivity index (χ4n) is 4.71. The van der Waals surface area contributed by atoms with Gasteiger partial charge in [-0.3, -0.25) is 0 Å². The molecule has 1 heterocycles. The Morgan fingerprint density at radius 3 is 2.91 bits per heavy atom. The largest absolute Gasteiger partial charge is 1.00 e. The maximum Gasteiger partial charge on any atom is 0.115 e. The topological polar surface area (TPSA) is 48.5 Å². The molecule has 1 aromatic carbocycles. The number of piperidine rings is 1. The molecule has 2 aliphatic rings. The van der Waals surface area contributed by atoms with Crippen LogP contribution in [0.25, 0.3) is 0 Å². The molecule has 0 aromatic heterocycles. The molecule has 23 heavy (non-hydrogen) atoms. The van der Waals surface area contributed by atoms with Crippen molar-refractivity contribution in [2.24, 2.45) is 5.92 Å². The van der Waals surface area contributed by atoms with Crippen molar-refractivity contribution >= 4 is 0 Å². The molecule has 1 fully saturated rings. The second-order valence-corrected chi connectivity index (χ2v) is 7.38. The van der Waals surface area contributed by atoms with Crippen LogP contribution in [-0.2, 0) is 11.8 Å². The lowest BCUT2D eigenvalue weighted by atomic mass is 9.59. The molecule has 0 amide bonds. The Balaban J connectivity index is 0.00000192. The number of fused-ring (bicyclic) bond motifs is 4. The number of nitrogens with zero attached hydrogens (tertiary/aromatic N) is 1. The zero-order chi connectivity index (χ0) is 15.7. The summed E-state index contributed by atoms with van der Waals surface area (Å²) in [5, 5.41) is 18.5. The van der Waals surface area contributed by atoms with Gasteiger partial charge in [0.05, 0.1) is 25.2 Å². The van der Waals surface area contributed by atoms with Gasteiger partial charge in [0.1, 0.15) is 5.75 Å². The van der Waals surface area contributed by atoms with E-state index in [0.29, 0.717) is 24.1 Å². The minimum Gasteiger partial charge on any atom is -1.00 e. The number of phenolic OH excluding ortho intramolecular Hbond substituents is 1. The van der Waals surface area contributed by atoms with E-state index in [2.05, 4.69) is 26.0 Å². The Morgan fingerprint density at radius 1 is 1.39 bits per heavy atom. The van der Waals surface area contributed by atoms with Crippen LogP contribution in [0.15, 0.2) is 18.2 Å². The van der Waals surface area contributed by atoms with Crippen LogP contribution in [-0.4, -0.2) is 24.2 Å². The first-order valence-corrected chi connectivity index (χ1v) is 8.60. The smallest absolute Gasteiger partial charge is 0.115 e. The van der Waals surface area contributed by atoms with Crippen molar-refractivity contribution in [2.75, 3.05) is 13.1 Å². The molecule has 0 radical (unpaired) electrons. The lowest BCUT2D eigenvalue weighted by molar-refractivity contribution is -0.937. The number of rotatable bonds is 4. The van der Waals surface area contributed by atoms with Gasteiger partial charge in [-0.25, -0.2) is 0 Å². The SMILES string of the molecule is C[C@H]1[C@@H]2Cc3ccc(O)cc3[C@@]1(C)CC[NH+]2CCCCC#N.[Cl-]. The summed E-state index contributed by atoms with van der Waals surface area (Å²) in [6.45, 7) is 7.19. The highest BCUT2D eigenvalue weighted by Crippen LogP contribution is 2.45. The number of phenols is 1. The third-order valence-corrected chi connectivity index (χ3v) is 6.28. The van der Waals surface area contributed by atoms with E-state index in [9.17, 15) is 5.11 Å². The molecule has 1 aliphatic heterocycles. The van der Waals surface area contributed by atoms with Gasteiger partial charge < -0.3 is 22.4 Å². The van der Waals surface area contributed by atoms with Crippen LogP contribution >= 0.6 is 0 Å². The van der Waals surface area contributed by atoms with Gasteiger partial charge in [0.2, 0.25) is 0 Å². The first kappa shape index (κ1) is 18.1. The predicted octanol–water partition coefficient (Wildman–Crippen LogP) is -0.803. The normalized spacial score (nSPS) is 31.6. The third kappa shape index (κ3) is 3.20. The fraction of sp³-hybridized carbons (Fsp3) is 0.632. The maximum atomic E-state index is 9.87. The first-order chi connectivity index (χ1) is 10.6. The molecule has 0 saturated carbocycles. The number of nitriles is 1. The molecule has 1 saturated heterocycles. The molecule has 4 atom stereocenters. The number of hydrogen-bond donors (Lipinski definition) is 2. The summed E-state index contributed by atoms with van der Waals surface area (Å²) in [4.78, 5) is 1.72. The quantitative estimate of drug-likeness (QED) is 0.708. The minimum absolute atomic E-state index is 0. The highest BCUT2D eigenvalue weighted by Gasteiger charge is 2.50. The third-order valence-electron chi connectivity index (χ3n) is 6.28. The number of unbranched alkanes of at least 4 members (excludes halogenated alkanes) is 2. The van der Waals surface area contributed by atoms with Crippen LogP contribution in [0.3, 0.4) is 0 Å². The van der Waals surface area contributed by atoms with Gasteiger partial charge >= 0.3 is 0 Å². The van der Waals surface area contributed by atoms with Gasteiger partial charge in [-0.1, -0.05) is 19.9 Å². The van der Waals surface area contributed by atoms with Crippen molar-refractivity contribution in [1.29, 1.82) is 5.26 Å². The van der Waals surface area contributed by atoms with Gasteiger partial charge in [-0.2, -0.15) is 5.26 Å². The highest BCUT2D eigenvalue weighted by atomic mass is 35.5. The Bertz CT molecular complexity index is 598. The highest BCUT2D eigenvalue weighted by molar-refractivity contribution is 5.43. The molecular formula is C19H27ClN2O. The number of benzene rings is 1. The van der Waals surface area contributed by atoms with Gasteiger partial charge in [0.15, 0.2) is 0 Å². The van der Waals surface area contributed by atoms with Gasteiger partial charge in [0.25, 0.3) is 0 Å². The van der Waals surface area contributed by atoms with Crippen molar-refractivity contribution in [3.8, 4) is 11.8 Å². The summed E-state index contributed by atoms with van der Waals surface area (Å²) in [5.41, 5.74) is 3.00. The van der Waals surface area contributed by atoms with Crippen LogP contribution < -0.4 is 17.3 Å². The Labute approximate surface area is 145 Å². The van der Waals surface area contributed by atoms with E-state index in [0.717, 1.165) is 19.3 Å². The van der Waals surface area contributed by atoms with E-state index < -0.39 is 0 Å². The number of halogens is 1. The standard InChI is InChI=1S/C19H26N2O.ClH/c1-14-18-12-15-6-7-16(22)13-17(15)19(14,2)8-11-21(18)10-5-3-4-9-20;/h6-7,13-14,18,22H,3-5,8,10-12H2,1-2H3;1H/t14-,18-,19-;/m0./s1. The van der Waals surface area contributed by atoms with E-state index in [1.54, 1.807) is 4.90 Å². The summed E-state index contributed by atoms with van der Waals surface area (Å²) in [6, 6.07) is 8.89. The van der Waals surface area contributed by atoms with Crippen molar-refractivity contribution in [3.63, 3.8) is 0 Å². The van der Waals surface area contributed by atoms with Crippen molar-refractivity contribution < 1.29 is 22.4 Å². The maximum absolute atomic E-state index is 9.87. The minimum atomic E-state index is 0. The molecule has 0 spiro atoms. The lowest BCUT2D eigenvalue weighted by Gasteiger charge is -2.52.